The zero-order valence-electron chi connectivity index (χ0n) is 15.1. The highest BCUT2D eigenvalue weighted by Gasteiger charge is 2.19. The van der Waals surface area contributed by atoms with E-state index < -0.39 is 0 Å². The number of rotatable bonds is 2. The Balaban J connectivity index is 0.00000112. The molecule has 5 nitrogen and oxygen atoms in total. The van der Waals surface area contributed by atoms with Crippen LogP contribution < -0.4 is 5.56 Å². The summed E-state index contributed by atoms with van der Waals surface area (Å²) in [7, 11) is 1.80. The van der Waals surface area contributed by atoms with Gasteiger partial charge in [-0.15, -0.1) is 12.4 Å². The lowest BCUT2D eigenvalue weighted by atomic mass is 10.0. The molecule has 1 aliphatic rings. The summed E-state index contributed by atoms with van der Waals surface area (Å²) in [4.78, 5) is 17.2. The number of aromatic nitrogens is 4. The molecule has 0 amide bonds. The molecule has 3 heterocycles. The van der Waals surface area contributed by atoms with Crippen LogP contribution in [0.15, 0.2) is 53.5 Å². The number of hydrogen-bond donors (Lipinski definition) is 0. The average Bonchev–Trinajstić information content (AvgIpc) is 3.36. The standard InChI is InChI=1S/C21H20N4O.CH4.ClH/c1-24-20-13-18(15-10-11-22-17(12-15)14-6-2-3-7-14)23-25(20)19-9-5-4-8-16(19)21(24)26;;/h4-5,8-14H,2-3,6-7H2,1H3;1H4;1H. The second kappa shape index (κ2) is 7.76. The Morgan fingerprint density at radius 1 is 1.07 bits per heavy atom. The van der Waals surface area contributed by atoms with Crippen molar-refractivity contribution in [2.45, 2.75) is 39.0 Å². The van der Waals surface area contributed by atoms with Crippen molar-refractivity contribution in [1.29, 1.82) is 0 Å². The number of nitrogens with zero attached hydrogens (tertiary/aromatic N) is 4. The van der Waals surface area contributed by atoms with Crippen molar-refractivity contribution in [2.75, 3.05) is 0 Å². The van der Waals surface area contributed by atoms with Crippen LogP contribution in [0.1, 0.15) is 44.7 Å². The predicted octanol–water partition coefficient (Wildman–Crippen LogP) is 4.96. The molecule has 5 rings (SSSR count). The molecule has 1 aromatic carbocycles. The smallest absolute Gasteiger partial charge is 0.261 e. The molecule has 4 aromatic rings. The fourth-order valence-electron chi connectivity index (χ4n) is 4.10. The Hall–Kier alpha value is -2.66. The van der Waals surface area contributed by atoms with Crippen molar-refractivity contribution in [3.8, 4) is 11.3 Å². The van der Waals surface area contributed by atoms with E-state index in [-0.39, 0.29) is 25.4 Å². The van der Waals surface area contributed by atoms with Gasteiger partial charge in [-0.2, -0.15) is 5.10 Å². The molecule has 3 aromatic heterocycles. The van der Waals surface area contributed by atoms with Crippen LogP contribution in [0, 0.1) is 0 Å². The summed E-state index contributed by atoms with van der Waals surface area (Å²) < 4.78 is 3.53. The second-order valence-corrected chi connectivity index (χ2v) is 7.13. The Bertz CT molecular complexity index is 1190. The minimum Gasteiger partial charge on any atom is -0.296 e. The molecular formula is C22H25ClN4O. The fraction of sp³-hybridized carbons (Fsp3) is 0.318. The van der Waals surface area contributed by atoms with Crippen LogP contribution in [-0.4, -0.2) is 19.2 Å². The molecule has 0 N–H and O–H groups in total. The minimum absolute atomic E-state index is 0. The van der Waals surface area contributed by atoms with E-state index in [0.717, 1.165) is 28.1 Å². The molecule has 6 heteroatoms. The molecule has 0 aliphatic heterocycles. The second-order valence-electron chi connectivity index (χ2n) is 7.13. The lowest BCUT2D eigenvalue weighted by Crippen LogP contribution is -2.19. The zero-order valence-corrected chi connectivity index (χ0v) is 15.9. The molecule has 0 unspecified atom stereocenters. The molecule has 1 aliphatic carbocycles. The van der Waals surface area contributed by atoms with Crippen molar-refractivity contribution in [3.05, 3.63) is 64.7 Å². The average molecular weight is 397 g/mol. The first-order valence-electron chi connectivity index (χ1n) is 9.16. The van der Waals surface area contributed by atoms with Gasteiger partial charge in [0, 0.05) is 36.5 Å². The zero-order chi connectivity index (χ0) is 17.7. The number of hydrogen-bond acceptors (Lipinski definition) is 3. The van der Waals surface area contributed by atoms with Crippen LogP contribution in [0.25, 0.3) is 27.8 Å². The molecule has 0 saturated heterocycles. The van der Waals surface area contributed by atoms with E-state index in [1.165, 1.54) is 25.7 Å². The largest absolute Gasteiger partial charge is 0.296 e. The van der Waals surface area contributed by atoms with Crippen LogP contribution >= 0.6 is 12.4 Å². The number of fused-ring (bicyclic) bond motifs is 3. The number of benzene rings is 1. The summed E-state index contributed by atoms with van der Waals surface area (Å²) in [5.74, 6) is 0.567. The van der Waals surface area contributed by atoms with Crippen molar-refractivity contribution < 1.29 is 0 Å². The number of pyridine rings is 1. The molecule has 1 fully saturated rings. The van der Waals surface area contributed by atoms with Gasteiger partial charge >= 0.3 is 0 Å². The van der Waals surface area contributed by atoms with Crippen LogP contribution in [-0.2, 0) is 7.05 Å². The summed E-state index contributed by atoms with van der Waals surface area (Å²) in [6.45, 7) is 0. The number of para-hydroxylation sites is 1. The monoisotopic (exact) mass is 396 g/mol. The quantitative estimate of drug-likeness (QED) is 0.481. The van der Waals surface area contributed by atoms with Crippen molar-refractivity contribution in [3.63, 3.8) is 0 Å². The van der Waals surface area contributed by atoms with Gasteiger partial charge in [0.15, 0.2) is 0 Å². The molecule has 0 atom stereocenters. The molecule has 28 heavy (non-hydrogen) atoms. The fourth-order valence-corrected chi connectivity index (χ4v) is 4.10. The van der Waals surface area contributed by atoms with Gasteiger partial charge < -0.3 is 0 Å². The minimum atomic E-state index is 0. The Labute approximate surface area is 170 Å². The van der Waals surface area contributed by atoms with E-state index in [1.807, 2.05) is 47.1 Å². The molecule has 0 spiro atoms. The topological polar surface area (TPSA) is 52.2 Å². The van der Waals surface area contributed by atoms with Crippen molar-refractivity contribution >= 4 is 29.0 Å². The van der Waals surface area contributed by atoms with Gasteiger partial charge in [0.05, 0.1) is 16.6 Å². The van der Waals surface area contributed by atoms with Gasteiger partial charge in [-0.1, -0.05) is 32.4 Å². The Morgan fingerprint density at radius 2 is 1.82 bits per heavy atom. The highest BCUT2D eigenvalue weighted by Crippen LogP contribution is 2.34. The van der Waals surface area contributed by atoms with Crippen LogP contribution in [0.3, 0.4) is 0 Å². The molecule has 0 bridgehead atoms. The molecule has 146 valence electrons. The summed E-state index contributed by atoms with van der Waals surface area (Å²) in [6, 6.07) is 13.8. The Morgan fingerprint density at radius 3 is 2.61 bits per heavy atom. The van der Waals surface area contributed by atoms with E-state index in [0.29, 0.717) is 11.3 Å². The molecule has 0 radical (unpaired) electrons. The summed E-state index contributed by atoms with van der Waals surface area (Å²) in [6.07, 6.45) is 6.91. The normalized spacial score (nSPS) is 14.2. The summed E-state index contributed by atoms with van der Waals surface area (Å²) in [5.41, 5.74) is 4.72. The van der Waals surface area contributed by atoms with Gasteiger partial charge in [-0.05, 0) is 37.1 Å². The lowest BCUT2D eigenvalue weighted by Gasteiger charge is -2.08. The first kappa shape index (κ1) is 20.1. The third kappa shape index (κ3) is 3.10. The van der Waals surface area contributed by atoms with Gasteiger partial charge in [0.2, 0.25) is 0 Å². The SMILES string of the molecule is C.Cl.Cn1c(=O)c2ccccc2n2nc(-c3ccnc(C4CCCC4)c3)cc12. The van der Waals surface area contributed by atoms with Crippen LogP contribution in [0.5, 0.6) is 0 Å². The van der Waals surface area contributed by atoms with Gasteiger partial charge in [-0.25, -0.2) is 4.52 Å². The van der Waals surface area contributed by atoms with E-state index in [2.05, 4.69) is 11.1 Å². The predicted molar refractivity (Wildman–Crippen MR) is 116 cm³/mol. The van der Waals surface area contributed by atoms with E-state index >= 15 is 0 Å². The van der Waals surface area contributed by atoms with Gasteiger partial charge in [-0.3, -0.25) is 14.3 Å². The van der Waals surface area contributed by atoms with E-state index in [9.17, 15) is 4.79 Å². The van der Waals surface area contributed by atoms with E-state index in [1.54, 1.807) is 11.6 Å². The third-order valence-electron chi connectivity index (χ3n) is 5.55. The van der Waals surface area contributed by atoms with Gasteiger partial charge in [0.1, 0.15) is 5.65 Å². The van der Waals surface area contributed by atoms with Crippen LogP contribution in [0.4, 0.5) is 0 Å². The highest BCUT2D eigenvalue weighted by molar-refractivity contribution is 5.85. The van der Waals surface area contributed by atoms with Crippen molar-refractivity contribution in [2.24, 2.45) is 7.05 Å². The number of halogens is 1. The maximum atomic E-state index is 12.6. The molecular weight excluding hydrogens is 372 g/mol. The molecule has 1 saturated carbocycles. The lowest BCUT2D eigenvalue weighted by molar-refractivity contribution is 0.698. The maximum Gasteiger partial charge on any atom is 0.261 e. The van der Waals surface area contributed by atoms with E-state index in [4.69, 9.17) is 5.10 Å². The maximum absolute atomic E-state index is 12.6. The first-order chi connectivity index (χ1) is 12.7. The third-order valence-corrected chi connectivity index (χ3v) is 5.55. The summed E-state index contributed by atoms with van der Waals surface area (Å²) >= 11 is 0. The van der Waals surface area contributed by atoms with Crippen LogP contribution in [0.2, 0.25) is 0 Å². The Kier molecular flexibility index (Phi) is 5.57. The summed E-state index contributed by atoms with van der Waals surface area (Å²) in [5, 5.41) is 5.49. The highest BCUT2D eigenvalue weighted by atomic mass is 35.5. The first-order valence-corrected chi connectivity index (χ1v) is 9.16. The van der Waals surface area contributed by atoms with Crippen molar-refractivity contribution in [1.82, 2.24) is 19.2 Å². The van der Waals surface area contributed by atoms with Gasteiger partial charge in [0.25, 0.3) is 5.56 Å². The number of aryl methyl sites for hydroxylation is 1.